The Morgan fingerprint density at radius 2 is 2.00 bits per heavy atom. The van der Waals surface area contributed by atoms with Crippen molar-refractivity contribution in [2.75, 3.05) is 26.7 Å². The third-order valence-corrected chi connectivity index (χ3v) is 4.22. The molecule has 1 N–H and O–H groups in total. The molecule has 2 nitrogen and oxygen atoms in total. The lowest BCUT2D eigenvalue weighted by molar-refractivity contribution is 0.260. The molecule has 1 aliphatic rings. The number of nitrogens with one attached hydrogen (secondary N) is 1. The SMILES string of the molecule is CN(CCc1ccc2ccccc2c1)C1CCNC1. The van der Waals surface area contributed by atoms with Gasteiger partial charge < -0.3 is 10.2 Å². The maximum Gasteiger partial charge on any atom is 0.0229 e. The maximum atomic E-state index is 3.43. The average Bonchev–Trinajstić information content (AvgIpc) is 2.99. The maximum absolute atomic E-state index is 3.43. The Kier molecular flexibility index (Phi) is 3.81. The highest BCUT2D eigenvalue weighted by molar-refractivity contribution is 5.82. The summed E-state index contributed by atoms with van der Waals surface area (Å²) < 4.78 is 0. The second-order valence-electron chi connectivity index (χ2n) is 5.56. The first-order chi connectivity index (χ1) is 9.33. The zero-order chi connectivity index (χ0) is 13.1. The van der Waals surface area contributed by atoms with Crippen molar-refractivity contribution in [1.82, 2.24) is 10.2 Å². The molecule has 2 aromatic rings. The van der Waals surface area contributed by atoms with E-state index in [0.717, 1.165) is 25.6 Å². The number of hydrogen-bond donors (Lipinski definition) is 1. The number of nitrogens with zero attached hydrogens (tertiary/aromatic N) is 1. The van der Waals surface area contributed by atoms with Crippen molar-refractivity contribution in [2.45, 2.75) is 18.9 Å². The summed E-state index contributed by atoms with van der Waals surface area (Å²) in [6.07, 6.45) is 2.42. The number of hydrogen-bond acceptors (Lipinski definition) is 2. The predicted molar refractivity (Wildman–Crippen MR) is 81.6 cm³/mol. The number of likely N-dealkylation sites (N-methyl/N-ethyl adjacent to an activating group) is 1. The summed E-state index contributed by atoms with van der Waals surface area (Å²) in [6.45, 7) is 3.46. The van der Waals surface area contributed by atoms with Crippen molar-refractivity contribution in [3.8, 4) is 0 Å². The second kappa shape index (κ2) is 5.72. The molecule has 19 heavy (non-hydrogen) atoms. The molecule has 100 valence electrons. The van der Waals surface area contributed by atoms with Gasteiger partial charge in [0, 0.05) is 19.1 Å². The second-order valence-corrected chi connectivity index (χ2v) is 5.56. The van der Waals surface area contributed by atoms with Crippen LogP contribution >= 0.6 is 0 Å². The Morgan fingerprint density at radius 3 is 2.79 bits per heavy atom. The topological polar surface area (TPSA) is 15.3 Å². The Labute approximate surface area is 115 Å². The summed E-state index contributed by atoms with van der Waals surface area (Å²) >= 11 is 0. The third-order valence-electron chi connectivity index (χ3n) is 4.22. The molecule has 0 spiro atoms. The van der Waals surface area contributed by atoms with Gasteiger partial charge in [-0.1, -0.05) is 42.5 Å². The molecule has 2 aromatic carbocycles. The van der Waals surface area contributed by atoms with Crippen LogP contribution in [0.2, 0.25) is 0 Å². The molecule has 1 heterocycles. The van der Waals surface area contributed by atoms with E-state index in [4.69, 9.17) is 0 Å². The summed E-state index contributed by atoms with van der Waals surface area (Å²) in [5.41, 5.74) is 1.44. The molecule has 0 aromatic heterocycles. The Morgan fingerprint density at radius 1 is 1.16 bits per heavy atom. The molecule has 1 fully saturated rings. The number of fused-ring (bicyclic) bond motifs is 1. The fourth-order valence-corrected chi connectivity index (χ4v) is 2.90. The van der Waals surface area contributed by atoms with Gasteiger partial charge in [-0.15, -0.1) is 0 Å². The highest BCUT2D eigenvalue weighted by Crippen LogP contribution is 2.16. The van der Waals surface area contributed by atoms with Gasteiger partial charge in [-0.25, -0.2) is 0 Å². The van der Waals surface area contributed by atoms with E-state index in [0.29, 0.717) is 0 Å². The largest absolute Gasteiger partial charge is 0.315 e. The van der Waals surface area contributed by atoms with Gasteiger partial charge in [0.25, 0.3) is 0 Å². The first-order valence-corrected chi connectivity index (χ1v) is 7.21. The van der Waals surface area contributed by atoms with Crippen LogP contribution < -0.4 is 5.32 Å². The van der Waals surface area contributed by atoms with Crippen molar-refractivity contribution in [3.05, 3.63) is 48.0 Å². The van der Waals surface area contributed by atoms with Gasteiger partial charge in [0.15, 0.2) is 0 Å². The Bertz CT molecular complexity index is 544. The average molecular weight is 254 g/mol. The molecule has 0 amide bonds. The molecule has 0 radical (unpaired) electrons. The van der Waals surface area contributed by atoms with Gasteiger partial charge in [-0.05, 0) is 42.8 Å². The molecule has 0 bridgehead atoms. The fourth-order valence-electron chi connectivity index (χ4n) is 2.90. The molecule has 1 atom stereocenters. The van der Waals surface area contributed by atoms with Crippen molar-refractivity contribution >= 4 is 10.8 Å². The van der Waals surface area contributed by atoms with Crippen molar-refractivity contribution in [2.24, 2.45) is 0 Å². The predicted octanol–water partition coefficient (Wildman–Crippen LogP) is 2.68. The van der Waals surface area contributed by atoms with Gasteiger partial charge in [0.1, 0.15) is 0 Å². The molecule has 2 heteroatoms. The summed E-state index contributed by atoms with van der Waals surface area (Å²) in [5, 5.41) is 6.12. The summed E-state index contributed by atoms with van der Waals surface area (Å²) in [5.74, 6) is 0. The first kappa shape index (κ1) is 12.6. The summed E-state index contributed by atoms with van der Waals surface area (Å²) in [4.78, 5) is 2.50. The van der Waals surface area contributed by atoms with Crippen LogP contribution in [-0.2, 0) is 6.42 Å². The Balaban J connectivity index is 1.64. The zero-order valence-corrected chi connectivity index (χ0v) is 11.6. The van der Waals surface area contributed by atoms with E-state index < -0.39 is 0 Å². The van der Waals surface area contributed by atoms with E-state index in [2.05, 4.69) is 59.7 Å². The molecule has 1 saturated heterocycles. The van der Waals surface area contributed by atoms with E-state index in [1.807, 2.05) is 0 Å². The lowest BCUT2D eigenvalue weighted by Crippen LogP contribution is -2.34. The fraction of sp³-hybridized carbons (Fsp3) is 0.412. The van der Waals surface area contributed by atoms with Crippen LogP contribution in [0.3, 0.4) is 0 Å². The van der Waals surface area contributed by atoms with E-state index in [1.165, 1.54) is 29.3 Å². The first-order valence-electron chi connectivity index (χ1n) is 7.21. The van der Waals surface area contributed by atoms with Gasteiger partial charge in [-0.3, -0.25) is 0 Å². The molecule has 1 unspecified atom stereocenters. The van der Waals surface area contributed by atoms with Gasteiger partial charge in [-0.2, -0.15) is 0 Å². The van der Waals surface area contributed by atoms with E-state index in [1.54, 1.807) is 0 Å². The van der Waals surface area contributed by atoms with E-state index >= 15 is 0 Å². The van der Waals surface area contributed by atoms with E-state index in [9.17, 15) is 0 Å². The molecule has 0 saturated carbocycles. The standard InChI is InChI=1S/C17H22N2/c1-19(17-8-10-18-13-17)11-9-14-6-7-15-4-2-3-5-16(15)12-14/h2-7,12,17-18H,8-11,13H2,1H3. The minimum Gasteiger partial charge on any atom is -0.315 e. The molecular weight excluding hydrogens is 232 g/mol. The van der Waals surface area contributed by atoms with Gasteiger partial charge in [0.2, 0.25) is 0 Å². The molecule has 3 rings (SSSR count). The van der Waals surface area contributed by atoms with Crippen LogP contribution in [0.1, 0.15) is 12.0 Å². The van der Waals surface area contributed by atoms with Crippen LogP contribution in [0, 0.1) is 0 Å². The monoisotopic (exact) mass is 254 g/mol. The lowest BCUT2D eigenvalue weighted by atomic mass is 10.0. The highest BCUT2D eigenvalue weighted by atomic mass is 15.2. The van der Waals surface area contributed by atoms with Crippen LogP contribution in [-0.4, -0.2) is 37.6 Å². The van der Waals surface area contributed by atoms with E-state index in [-0.39, 0.29) is 0 Å². The molecule has 0 aliphatic carbocycles. The quantitative estimate of drug-likeness (QED) is 0.902. The van der Waals surface area contributed by atoms with Gasteiger partial charge in [0.05, 0.1) is 0 Å². The molecule has 1 aliphatic heterocycles. The van der Waals surface area contributed by atoms with Crippen molar-refractivity contribution < 1.29 is 0 Å². The zero-order valence-electron chi connectivity index (χ0n) is 11.6. The highest BCUT2D eigenvalue weighted by Gasteiger charge is 2.18. The smallest absolute Gasteiger partial charge is 0.0229 e. The lowest BCUT2D eigenvalue weighted by Gasteiger charge is -2.23. The minimum atomic E-state index is 0.723. The van der Waals surface area contributed by atoms with Crippen molar-refractivity contribution in [3.63, 3.8) is 0 Å². The number of benzene rings is 2. The van der Waals surface area contributed by atoms with Gasteiger partial charge >= 0.3 is 0 Å². The van der Waals surface area contributed by atoms with Crippen LogP contribution in [0.4, 0.5) is 0 Å². The minimum absolute atomic E-state index is 0.723. The molecular formula is C17H22N2. The number of rotatable bonds is 4. The van der Waals surface area contributed by atoms with Crippen LogP contribution in [0.25, 0.3) is 10.8 Å². The van der Waals surface area contributed by atoms with Crippen LogP contribution in [0.15, 0.2) is 42.5 Å². The van der Waals surface area contributed by atoms with Crippen LogP contribution in [0.5, 0.6) is 0 Å². The van der Waals surface area contributed by atoms with Crippen molar-refractivity contribution in [1.29, 1.82) is 0 Å². The normalized spacial score (nSPS) is 19.4. The third kappa shape index (κ3) is 2.96. The summed E-state index contributed by atoms with van der Waals surface area (Å²) in [6, 6.07) is 16.1. The Hall–Kier alpha value is -1.38. The summed E-state index contributed by atoms with van der Waals surface area (Å²) in [7, 11) is 2.25.